The molecule has 8 nitrogen and oxygen atoms in total. The second-order valence-electron chi connectivity index (χ2n) is 13.5. The van der Waals surface area contributed by atoms with Crippen LogP contribution in [0.2, 0.25) is 5.02 Å². The second kappa shape index (κ2) is 14.3. The summed E-state index contributed by atoms with van der Waals surface area (Å²) in [6.07, 6.45) is 4.50. The number of carbonyl (C=O) groups is 3. The van der Waals surface area contributed by atoms with Crippen LogP contribution in [-0.2, 0) is 22.7 Å². The average molecular weight is 694 g/mol. The zero-order chi connectivity index (χ0) is 35.6. The number of nitrogens with zero attached hydrogens (tertiary/aromatic N) is 4. The van der Waals surface area contributed by atoms with E-state index in [1.807, 2.05) is 22.9 Å². The van der Waals surface area contributed by atoms with E-state index in [-0.39, 0.29) is 24.2 Å². The van der Waals surface area contributed by atoms with Crippen LogP contribution in [-0.4, -0.2) is 38.4 Å². The fourth-order valence-electron chi connectivity index (χ4n) is 7.13. The van der Waals surface area contributed by atoms with Crippen LogP contribution in [0.4, 0.5) is 0 Å². The maximum atomic E-state index is 13.2. The van der Waals surface area contributed by atoms with Gasteiger partial charge >= 0.3 is 0 Å². The smallest absolute Gasteiger partial charge is 0.255 e. The van der Waals surface area contributed by atoms with Gasteiger partial charge in [0.1, 0.15) is 12.1 Å². The number of amides is 3. The Morgan fingerprint density at radius 2 is 1.63 bits per heavy atom. The van der Waals surface area contributed by atoms with Crippen molar-refractivity contribution >= 4 is 29.3 Å². The molecule has 1 N–H and O–H groups in total. The van der Waals surface area contributed by atoms with Crippen molar-refractivity contribution in [3.8, 4) is 41.0 Å². The van der Waals surface area contributed by atoms with Crippen molar-refractivity contribution in [2.24, 2.45) is 11.8 Å². The fourth-order valence-corrected chi connectivity index (χ4v) is 7.36. The van der Waals surface area contributed by atoms with Crippen LogP contribution in [0.3, 0.4) is 0 Å². The number of benzene rings is 3. The number of hydrogen-bond donors (Lipinski definition) is 1. The number of fused-ring (bicyclic) bond motifs is 1. The van der Waals surface area contributed by atoms with E-state index in [0.717, 1.165) is 70.5 Å². The molecule has 4 aromatic rings. The third kappa shape index (κ3) is 7.04. The largest absolute Gasteiger partial charge is 0.322 e. The standard InChI is InChI=1S/C42H36ClN5O3/c1-26-27(2)48(46-40(26)33-18-19-34(23-44)37(43)22-33)24-31-14-12-29(13-15-31)7-6-28-8-10-30(11-9-28)16-17-32-4-3-5-35-36(32)25-47(42(35)51)38-20-21-39(49)45-41(38)50/h3-5,12-15,18-19,22,28,30,38H,8-11,20-21,24-25H2,1-2H3,(H,45,49,50). The van der Waals surface area contributed by atoms with Crippen molar-refractivity contribution in [3.63, 3.8) is 0 Å². The van der Waals surface area contributed by atoms with E-state index in [0.29, 0.717) is 41.6 Å². The molecule has 2 aliphatic heterocycles. The van der Waals surface area contributed by atoms with Crippen LogP contribution >= 0.6 is 11.6 Å². The third-order valence-electron chi connectivity index (χ3n) is 10.3. The summed E-state index contributed by atoms with van der Waals surface area (Å²) in [5.74, 6) is 13.4. The van der Waals surface area contributed by atoms with Gasteiger partial charge in [-0.3, -0.25) is 24.4 Å². The number of aromatic nitrogens is 2. The number of hydrogen-bond acceptors (Lipinski definition) is 5. The molecule has 2 fully saturated rings. The number of nitrogens with one attached hydrogen (secondary N) is 1. The van der Waals surface area contributed by atoms with Crippen molar-refractivity contribution in [2.75, 3.05) is 0 Å². The lowest BCUT2D eigenvalue weighted by Gasteiger charge is -2.29. The molecular weight excluding hydrogens is 658 g/mol. The zero-order valence-electron chi connectivity index (χ0n) is 28.6. The number of rotatable bonds is 4. The Labute approximate surface area is 302 Å². The molecule has 51 heavy (non-hydrogen) atoms. The number of halogens is 1. The van der Waals surface area contributed by atoms with Gasteiger partial charge in [0.15, 0.2) is 0 Å². The molecule has 3 amide bonds. The highest BCUT2D eigenvalue weighted by Crippen LogP contribution is 2.32. The quantitative estimate of drug-likeness (QED) is 0.189. The Kier molecular flexibility index (Phi) is 9.50. The first kappa shape index (κ1) is 33.9. The summed E-state index contributed by atoms with van der Waals surface area (Å²) in [5.41, 5.74) is 8.75. The number of piperidine rings is 1. The van der Waals surface area contributed by atoms with E-state index >= 15 is 0 Å². The summed E-state index contributed by atoms with van der Waals surface area (Å²) < 4.78 is 2.00. The lowest BCUT2D eigenvalue weighted by atomic mass is 9.82. The highest BCUT2D eigenvalue weighted by molar-refractivity contribution is 6.32. The van der Waals surface area contributed by atoms with Crippen LogP contribution in [0, 0.1) is 60.7 Å². The number of nitriles is 1. The fraction of sp³-hybridized carbons (Fsp3) is 0.310. The molecule has 1 aliphatic carbocycles. The SMILES string of the molecule is Cc1c(-c2ccc(C#N)c(Cl)c2)nn(Cc2ccc(C#CC3CCC(C#Cc4cccc5c4CN(C4CCC(=O)NC4=O)C5=O)CC3)cc2)c1C. The summed E-state index contributed by atoms with van der Waals surface area (Å²) in [6.45, 7) is 5.08. The van der Waals surface area contributed by atoms with Gasteiger partial charge in [-0.25, -0.2) is 0 Å². The minimum Gasteiger partial charge on any atom is -0.322 e. The molecule has 7 rings (SSSR count). The molecule has 1 aromatic heterocycles. The molecule has 0 bridgehead atoms. The van der Waals surface area contributed by atoms with Gasteiger partial charge in [0.05, 0.1) is 22.8 Å². The molecule has 3 heterocycles. The molecule has 1 saturated carbocycles. The Balaban J connectivity index is 0.940. The molecule has 3 aliphatic rings. The molecule has 9 heteroatoms. The van der Waals surface area contributed by atoms with Gasteiger partial charge in [-0.2, -0.15) is 10.4 Å². The van der Waals surface area contributed by atoms with Gasteiger partial charge in [0.2, 0.25) is 11.8 Å². The predicted molar refractivity (Wildman–Crippen MR) is 194 cm³/mol. The number of imide groups is 1. The van der Waals surface area contributed by atoms with Crippen molar-refractivity contribution in [1.29, 1.82) is 5.26 Å². The molecule has 3 aromatic carbocycles. The molecule has 0 radical (unpaired) electrons. The van der Waals surface area contributed by atoms with Gasteiger partial charge in [-0.15, -0.1) is 0 Å². The zero-order valence-corrected chi connectivity index (χ0v) is 29.3. The minimum absolute atomic E-state index is 0.180. The van der Waals surface area contributed by atoms with Crippen molar-refractivity contribution in [1.82, 2.24) is 20.0 Å². The van der Waals surface area contributed by atoms with E-state index in [9.17, 15) is 19.6 Å². The lowest BCUT2D eigenvalue weighted by Crippen LogP contribution is -2.52. The van der Waals surface area contributed by atoms with E-state index in [1.54, 1.807) is 23.1 Å². The summed E-state index contributed by atoms with van der Waals surface area (Å²) in [4.78, 5) is 38.8. The van der Waals surface area contributed by atoms with E-state index in [4.69, 9.17) is 16.7 Å². The Morgan fingerprint density at radius 3 is 2.31 bits per heavy atom. The maximum absolute atomic E-state index is 13.2. The van der Waals surface area contributed by atoms with Crippen LogP contribution in [0.25, 0.3) is 11.3 Å². The van der Waals surface area contributed by atoms with E-state index in [2.05, 4.69) is 73.2 Å². The average Bonchev–Trinajstić information content (AvgIpc) is 3.62. The third-order valence-corrected chi connectivity index (χ3v) is 10.6. The van der Waals surface area contributed by atoms with Crippen LogP contribution < -0.4 is 5.32 Å². The van der Waals surface area contributed by atoms with Gasteiger partial charge in [0.25, 0.3) is 5.91 Å². The summed E-state index contributed by atoms with van der Waals surface area (Å²) in [7, 11) is 0. The molecule has 1 saturated heterocycles. The highest BCUT2D eigenvalue weighted by atomic mass is 35.5. The second-order valence-corrected chi connectivity index (χ2v) is 13.9. The van der Waals surface area contributed by atoms with E-state index in [1.165, 1.54) is 0 Å². The summed E-state index contributed by atoms with van der Waals surface area (Å²) >= 11 is 6.29. The van der Waals surface area contributed by atoms with E-state index < -0.39 is 11.9 Å². The number of carbonyl (C=O) groups excluding carboxylic acids is 3. The van der Waals surface area contributed by atoms with Crippen LogP contribution in [0.1, 0.15) is 88.0 Å². The van der Waals surface area contributed by atoms with Crippen LogP contribution in [0.15, 0.2) is 60.7 Å². The van der Waals surface area contributed by atoms with Crippen LogP contribution in [0.5, 0.6) is 0 Å². The van der Waals surface area contributed by atoms with Gasteiger partial charge in [0, 0.05) is 52.7 Å². The highest BCUT2D eigenvalue weighted by Gasteiger charge is 2.39. The maximum Gasteiger partial charge on any atom is 0.255 e. The molecule has 254 valence electrons. The molecule has 1 unspecified atom stereocenters. The monoisotopic (exact) mass is 693 g/mol. The molecule has 0 spiro atoms. The predicted octanol–water partition coefficient (Wildman–Crippen LogP) is 6.71. The van der Waals surface area contributed by atoms with Gasteiger partial charge in [-0.05, 0) is 99.0 Å². The summed E-state index contributed by atoms with van der Waals surface area (Å²) in [6, 6.07) is 20.8. The Morgan fingerprint density at radius 1 is 0.902 bits per heavy atom. The minimum atomic E-state index is -0.635. The van der Waals surface area contributed by atoms with Crippen molar-refractivity contribution in [2.45, 2.75) is 71.5 Å². The normalized spacial score (nSPS) is 19.7. The first-order valence-corrected chi connectivity index (χ1v) is 17.7. The van der Waals surface area contributed by atoms with Crippen molar-refractivity contribution in [3.05, 3.63) is 110 Å². The van der Waals surface area contributed by atoms with Gasteiger partial charge in [-0.1, -0.05) is 59.5 Å². The first-order chi connectivity index (χ1) is 24.7. The Hall–Kier alpha value is -5.62. The summed E-state index contributed by atoms with van der Waals surface area (Å²) in [5, 5.41) is 16.9. The van der Waals surface area contributed by atoms with Crippen molar-refractivity contribution < 1.29 is 14.4 Å². The first-order valence-electron chi connectivity index (χ1n) is 17.3. The molecule has 1 atom stereocenters. The Bertz CT molecular complexity index is 2230. The lowest BCUT2D eigenvalue weighted by molar-refractivity contribution is -0.136. The topological polar surface area (TPSA) is 108 Å². The molecular formula is C42H36ClN5O3. The van der Waals surface area contributed by atoms with Gasteiger partial charge < -0.3 is 4.90 Å².